The fraction of sp³-hybridized carbons (Fsp3) is 1.00. The van der Waals surface area contributed by atoms with Crippen molar-refractivity contribution in [2.24, 2.45) is 5.92 Å². The maximum absolute atomic E-state index is 3.56. The van der Waals surface area contributed by atoms with Crippen molar-refractivity contribution in [3.05, 3.63) is 0 Å². The van der Waals surface area contributed by atoms with Crippen LogP contribution in [0.2, 0.25) is 0 Å². The molecule has 0 amide bonds. The molecule has 1 atom stereocenters. The van der Waals surface area contributed by atoms with Gasteiger partial charge in [0.25, 0.3) is 0 Å². The molecule has 2 heteroatoms. The van der Waals surface area contributed by atoms with Crippen LogP contribution in [0.3, 0.4) is 0 Å². The fourth-order valence-electron chi connectivity index (χ4n) is 2.21. The van der Waals surface area contributed by atoms with Gasteiger partial charge in [-0.2, -0.15) is 0 Å². The van der Waals surface area contributed by atoms with Gasteiger partial charge in [-0.25, -0.2) is 0 Å². The molecule has 0 radical (unpaired) electrons. The predicted octanol–water partition coefficient (Wildman–Crippen LogP) is 1.96. The van der Waals surface area contributed by atoms with Crippen LogP contribution >= 0.6 is 12.4 Å². The molecule has 0 aromatic carbocycles. The lowest BCUT2D eigenvalue weighted by molar-refractivity contribution is 0.0177. The molecule has 1 aliphatic carbocycles. The summed E-state index contributed by atoms with van der Waals surface area (Å²) in [5, 5.41) is 3.56. The summed E-state index contributed by atoms with van der Waals surface area (Å²) in [7, 11) is 0. The molecule has 1 N–H and O–H groups in total. The third-order valence-electron chi connectivity index (χ3n) is 3.22. The second-order valence-electron chi connectivity index (χ2n) is 3.50. The molecule has 0 aromatic rings. The smallest absolute Gasteiger partial charge is 0.0221 e. The third kappa shape index (κ3) is 0.876. The quantitative estimate of drug-likeness (QED) is 0.620. The van der Waals surface area contributed by atoms with Gasteiger partial charge in [-0.05, 0) is 25.2 Å². The lowest BCUT2D eigenvalue weighted by Crippen LogP contribution is -2.68. The summed E-state index contributed by atoms with van der Waals surface area (Å²) < 4.78 is 0. The Balaban J connectivity index is 0.000000500. The van der Waals surface area contributed by atoms with E-state index in [4.69, 9.17) is 0 Å². The van der Waals surface area contributed by atoms with Crippen LogP contribution in [0.25, 0.3) is 0 Å². The van der Waals surface area contributed by atoms with Crippen LogP contribution in [0.15, 0.2) is 0 Å². The Hall–Kier alpha value is 0.250. The van der Waals surface area contributed by atoms with Crippen molar-refractivity contribution in [3.8, 4) is 0 Å². The Morgan fingerprint density at radius 2 is 2.20 bits per heavy atom. The topological polar surface area (TPSA) is 12.0 Å². The van der Waals surface area contributed by atoms with Crippen LogP contribution in [0.4, 0.5) is 0 Å². The number of nitrogens with one attached hydrogen (secondary N) is 1. The minimum absolute atomic E-state index is 0. The van der Waals surface area contributed by atoms with E-state index < -0.39 is 0 Å². The molecule has 2 fully saturated rings. The van der Waals surface area contributed by atoms with E-state index in [1.54, 1.807) is 0 Å². The molecule has 1 aliphatic heterocycles. The van der Waals surface area contributed by atoms with Crippen LogP contribution in [-0.4, -0.2) is 12.1 Å². The van der Waals surface area contributed by atoms with Gasteiger partial charge in [0, 0.05) is 12.1 Å². The number of hydrogen-bond acceptors (Lipinski definition) is 1. The highest BCUT2D eigenvalue weighted by Crippen LogP contribution is 2.44. The molecule has 1 spiro atoms. The summed E-state index contributed by atoms with van der Waals surface area (Å²) in [6.45, 7) is 3.60. The van der Waals surface area contributed by atoms with Gasteiger partial charge < -0.3 is 5.32 Å². The summed E-state index contributed by atoms with van der Waals surface area (Å²) in [4.78, 5) is 0. The van der Waals surface area contributed by atoms with Crippen LogP contribution in [0, 0.1) is 5.92 Å². The minimum Gasteiger partial charge on any atom is -0.311 e. The van der Waals surface area contributed by atoms with Crippen LogP contribution in [-0.2, 0) is 0 Å². The number of hydrogen-bond donors (Lipinski definition) is 1. The molecule has 0 aromatic heterocycles. The summed E-state index contributed by atoms with van der Waals surface area (Å²) in [5.41, 5.74) is 0.661. The molecule has 1 unspecified atom stereocenters. The number of halogens is 1. The van der Waals surface area contributed by atoms with Crippen molar-refractivity contribution in [2.75, 3.05) is 6.54 Å². The summed E-state index contributed by atoms with van der Waals surface area (Å²) in [6, 6.07) is 0. The zero-order chi connectivity index (χ0) is 6.32. The van der Waals surface area contributed by atoms with Crippen LogP contribution in [0.1, 0.15) is 32.6 Å². The van der Waals surface area contributed by atoms with E-state index in [0.717, 1.165) is 5.92 Å². The van der Waals surface area contributed by atoms with Crippen molar-refractivity contribution in [1.82, 2.24) is 5.32 Å². The molecule has 1 saturated heterocycles. The standard InChI is InChI=1S/C8H15N.ClH/c1-2-7-6-9-8(7)4-3-5-8;/h7,9H,2-6H2,1H3;1H. The minimum atomic E-state index is 0. The van der Waals surface area contributed by atoms with Crippen molar-refractivity contribution in [3.63, 3.8) is 0 Å². The lowest BCUT2D eigenvalue weighted by Gasteiger charge is -2.57. The van der Waals surface area contributed by atoms with Gasteiger partial charge in [0.2, 0.25) is 0 Å². The van der Waals surface area contributed by atoms with Crippen molar-refractivity contribution in [2.45, 2.75) is 38.1 Å². The largest absolute Gasteiger partial charge is 0.311 e. The molecule has 1 heterocycles. The zero-order valence-corrected chi connectivity index (χ0v) is 7.34. The molecular formula is C8H16ClN. The normalized spacial score (nSPS) is 33.9. The molecule has 10 heavy (non-hydrogen) atoms. The second kappa shape index (κ2) is 2.71. The first-order chi connectivity index (χ1) is 4.37. The van der Waals surface area contributed by atoms with Gasteiger partial charge >= 0.3 is 0 Å². The Morgan fingerprint density at radius 1 is 1.50 bits per heavy atom. The predicted molar refractivity (Wildman–Crippen MR) is 45.6 cm³/mol. The molecule has 2 rings (SSSR count). The highest BCUT2D eigenvalue weighted by molar-refractivity contribution is 5.85. The van der Waals surface area contributed by atoms with Gasteiger partial charge in [-0.15, -0.1) is 12.4 Å². The first kappa shape index (κ1) is 8.35. The maximum atomic E-state index is 3.56. The average Bonchev–Trinajstić information content (AvgIpc) is 1.59. The lowest BCUT2D eigenvalue weighted by atomic mass is 9.62. The van der Waals surface area contributed by atoms with E-state index in [2.05, 4.69) is 12.2 Å². The fourth-order valence-corrected chi connectivity index (χ4v) is 2.21. The van der Waals surface area contributed by atoms with Crippen molar-refractivity contribution < 1.29 is 0 Å². The first-order valence-corrected chi connectivity index (χ1v) is 4.12. The van der Waals surface area contributed by atoms with Gasteiger partial charge in [0.05, 0.1) is 0 Å². The molecule has 1 saturated carbocycles. The average molecular weight is 162 g/mol. The van der Waals surface area contributed by atoms with E-state index in [-0.39, 0.29) is 12.4 Å². The SMILES string of the molecule is CCC1CNC12CCC2.Cl. The van der Waals surface area contributed by atoms with Gasteiger partial charge in [0.1, 0.15) is 0 Å². The van der Waals surface area contributed by atoms with Gasteiger partial charge in [0.15, 0.2) is 0 Å². The highest BCUT2D eigenvalue weighted by Gasteiger charge is 2.48. The highest BCUT2D eigenvalue weighted by atomic mass is 35.5. The van der Waals surface area contributed by atoms with Gasteiger partial charge in [-0.1, -0.05) is 13.3 Å². The van der Waals surface area contributed by atoms with Crippen molar-refractivity contribution >= 4 is 12.4 Å². The zero-order valence-electron chi connectivity index (χ0n) is 6.52. The van der Waals surface area contributed by atoms with E-state index in [9.17, 15) is 0 Å². The van der Waals surface area contributed by atoms with E-state index in [0.29, 0.717) is 5.54 Å². The molecule has 0 bridgehead atoms. The maximum Gasteiger partial charge on any atom is 0.0221 e. The third-order valence-corrected chi connectivity index (χ3v) is 3.22. The van der Waals surface area contributed by atoms with Crippen LogP contribution < -0.4 is 5.32 Å². The van der Waals surface area contributed by atoms with Crippen LogP contribution in [0.5, 0.6) is 0 Å². The Morgan fingerprint density at radius 3 is 2.30 bits per heavy atom. The molecule has 60 valence electrons. The second-order valence-corrected chi connectivity index (χ2v) is 3.50. The molecule has 2 aliphatic rings. The van der Waals surface area contributed by atoms with Crippen molar-refractivity contribution in [1.29, 1.82) is 0 Å². The van der Waals surface area contributed by atoms with E-state index >= 15 is 0 Å². The first-order valence-electron chi connectivity index (χ1n) is 4.12. The van der Waals surface area contributed by atoms with Gasteiger partial charge in [-0.3, -0.25) is 0 Å². The molecular weight excluding hydrogens is 146 g/mol. The number of rotatable bonds is 1. The Labute approximate surface area is 69.0 Å². The molecule has 1 nitrogen and oxygen atoms in total. The summed E-state index contributed by atoms with van der Waals surface area (Å²) in [5.74, 6) is 1.02. The Kier molecular flexibility index (Phi) is 2.26. The Bertz CT molecular complexity index is 113. The van der Waals surface area contributed by atoms with E-state index in [1.165, 1.54) is 32.2 Å². The summed E-state index contributed by atoms with van der Waals surface area (Å²) >= 11 is 0. The van der Waals surface area contributed by atoms with E-state index in [1.807, 2.05) is 0 Å². The summed E-state index contributed by atoms with van der Waals surface area (Å²) in [6.07, 6.45) is 5.74. The monoisotopic (exact) mass is 161 g/mol.